The molecule has 1 aromatic heterocycles. The van der Waals surface area contributed by atoms with Crippen molar-refractivity contribution in [1.29, 1.82) is 0 Å². The Kier molecular flexibility index (Phi) is 3.13. The van der Waals surface area contributed by atoms with Gasteiger partial charge in [-0.15, -0.1) is 11.3 Å². The Morgan fingerprint density at radius 3 is 2.53 bits per heavy atom. The summed E-state index contributed by atoms with van der Waals surface area (Å²) in [5.41, 5.74) is 0.206. The third-order valence-electron chi connectivity index (χ3n) is 4.10. The van der Waals surface area contributed by atoms with E-state index in [-0.39, 0.29) is 5.41 Å². The van der Waals surface area contributed by atoms with E-state index in [1.165, 1.54) is 4.88 Å². The average molecular weight is 315 g/mol. The summed E-state index contributed by atoms with van der Waals surface area (Å²) in [4.78, 5) is 12.8. The average Bonchev–Trinajstić information content (AvgIpc) is 2.67. The van der Waals surface area contributed by atoms with Gasteiger partial charge in [0.1, 0.15) is 5.78 Å². The van der Waals surface area contributed by atoms with E-state index in [1.54, 1.807) is 0 Å². The summed E-state index contributed by atoms with van der Waals surface area (Å²) in [6.07, 6.45) is 3.60. The molecule has 1 saturated heterocycles. The minimum absolute atomic E-state index is 0.206. The largest absolute Gasteiger partial charge is 0.379 e. The molecule has 3 rings (SSSR count). The molecule has 0 bridgehead atoms. The zero-order chi connectivity index (χ0) is 11.9. The highest BCUT2D eigenvalue weighted by Gasteiger charge is 2.48. The van der Waals surface area contributed by atoms with Crippen LogP contribution in [0.5, 0.6) is 0 Å². The summed E-state index contributed by atoms with van der Waals surface area (Å²) in [6.45, 7) is 1.66. The number of ketones is 1. The van der Waals surface area contributed by atoms with E-state index >= 15 is 0 Å². The molecular formula is C13H15BrO2S. The van der Waals surface area contributed by atoms with E-state index in [2.05, 4.69) is 27.4 Å². The molecule has 2 heterocycles. The van der Waals surface area contributed by atoms with E-state index in [9.17, 15) is 4.79 Å². The molecule has 4 heteroatoms. The maximum absolute atomic E-state index is 11.3. The van der Waals surface area contributed by atoms with Crippen molar-refractivity contribution in [2.24, 2.45) is 5.92 Å². The fourth-order valence-electron chi connectivity index (χ4n) is 2.97. The maximum Gasteiger partial charge on any atom is 0.132 e. The summed E-state index contributed by atoms with van der Waals surface area (Å²) in [6, 6.07) is 2.23. The van der Waals surface area contributed by atoms with Gasteiger partial charge in [-0.3, -0.25) is 4.79 Å². The van der Waals surface area contributed by atoms with E-state index in [1.807, 2.05) is 11.3 Å². The molecule has 0 amide bonds. The van der Waals surface area contributed by atoms with Crippen molar-refractivity contribution in [3.05, 3.63) is 20.8 Å². The van der Waals surface area contributed by atoms with Gasteiger partial charge in [-0.05, 0) is 40.8 Å². The van der Waals surface area contributed by atoms with Crippen LogP contribution in [-0.4, -0.2) is 19.0 Å². The first-order valence-corrected chi connectivity index (χ1v) is 7.72. The van der Waals surface area contributed by atoms with Crippen molar-refractivity contribution in [1.82, 2.24) is 0 Å². The summed E-state index contributed by atoms with van der Waals surface area (Å²) in [5.74, 6) is 1.06. The Balaban J connectivity index is 1.84. The van der Waals surface area contributed by atoms with Gasteiger partial charge in [-0.2, -0.15) is 0 Å². The molecule has 0 radical (unpaired) electrons. The third kappa shape index (κ3) is 2.00. The number of thiophene rings is 1. The lowest BCUT2D eigenvalue weighted by Gasteiger charge is -2.48. The monoisotopic (exact) mass is 314 g/mol. The number of hydrogen-bond acceptors (Lipinski definition) is 3. The molecule has 17 heavy (non-hydrogen) atoms. The van der Waals surface area contributed by atoms with Crippen LogP contribution in [0.3, 0.4) is 0 Å². The number of carbonyl (C=O) groups is 1. The second kappa shape index (κ2) is 4.48. The van der Waals surface area contributed by atoms with Crippen LogP contribution in [0, 0.1) is 5.92 Å². The van der Waals surface area contributed by atoms with Gasteiger partial charge in [-0.1, -0.05) is 0 Å². The second-order valence-corrected chi connectivity index (χ2v) is 6.92. The Bertz CT molecular complexity index is 426. The molecule has 1 saturated carbocycles. The Morgan fingerprint density at radius 1 is 1.35 bits per heavy atom. The molecule has 1 aromatic rings. The summed E-state index contributed by atoms with van der Waals surface area (Å²) in [5, 5.41) is 2.14. The molecule has 0 aromatic carbocycles. The van der Waals surface area contributed by atoms with Gasteiger partial charge in [0.2, 0.25) is 0 Å². The zero-order valence-corrected chi connectivity index (χ0v) is 12.0. The summed E-state index contributed by atoms with van der Waals surface area (Å²) < 4.78 is 6.65. The van der Waals surface area contributed by atoms with Gasteiger partial charge in [0, 0.05) is 27.6 Å². The SMILES string of the molecule is O=C1CCC(C2(c3cc(Br)cs3)COC2)CC1. The van der Waals surface area contributed by atoms with Crippen LogP contribution in [0.4, 0.5) is 0 Å². The molecule has 0 unspecified atom stereocenters. The highest BCUT2D eigenvalue weighted by Crippen LogP contribution is 2.47. The minimum atomic E-state index is 0.206. The highest BCUT2D eigenvalue weighted by atomic mass is 79.9. The quantitative estimate of drug-likeness (QED) is 0.834. The fraction of sp³-hybridized carbons (Fsp3) is 0.615. The first kappa shape index (κ1) is 11.9. The van der Waals surface area contributed by atoms with Crippen LogP contribution in [0.25, 0.3) is 0 Å². The van der Waals surface area contributed by atoms with Crippen LogP contribution in [0.1, 0.15) is 30.6 Å². The van der Waals surface area contributed by atoms with Crippen molar-refractivity contribution in [3.63, 3.8) is 0 Å². The number of rotatable bonds is 2. The zero-order valence-electron chi connectivity index (χ0n) is 9.58. The Hall–Kier alpha value is -0.190. The van der Waals surface area contributed by atoms with Crippen molar-refractivity contribution < 1.29 is 9.53 Å². The predicted octanol–water partition coefficient (Wildman–Crippen LogP) is 3.54. The number of hydrogen-bond donors (Lipinski definition) is 0. The van der Waals surface area contributed by atoms with Crippen LogP contribution >= 0.6 is 27.3 Å². The normalized spacial score (nSPS) is 24.6. The van der Waals surface area contributed by atoms with E-state index in [0.29, 0.717) is 11.7 Å². The van der Waals surface area contributed by atoms with Gasteiger partial charge in [0.05, 0.1) is 18.6 Å². The molecule has 0 atom stereocenters. The van der Waals surface area contributed by atoms with Crippen molar-refractivity contribution in [2.75, 3.05) is 13.2 Å². The maximum atomic E-state index is 11.3. The first-order chi connectivity index (χ1) is 8.21. The number of Topliss-reactive ketones (excluding diaryl/α,β-unsaturated/α-hetero) is 1. The Morgan fingerprint density at radius 2 is 2.06 bits per heavy atom. The van der Waals surface area contributed by atoms with Gasteiger partial charge < -0.3 is 4.74 Å². The lowest BCUT2D eigenvalue weighted by Crippen LogP contribution is -2.52. The number of halogens is 1. The van der Waals surface area contributed by atoms with Gasteiger partial charge in [0.15, 0.2) is 0 Å². The molecule has 92 valence electrons. The van der Waals surface area contributed by atoms with Crippen LogP contribution in [0.15, 0.2) is 15.9 Å². The van der Waals surface area contributed by atoms with Crippen molar-refractivity contribution in [2.45, 2.75) is 31.1 Å². The molecular weight excluding hydrogens is 300 g/mol. The van der Waals surface area contributed by atoms with Crippen molar-refractivity contribution in [3.8, 4) is 0 Å². The summed E-state index contributed by atoms with van der Waals surface area (Å²) >= 11 is 5.34. The highest BCUT2D eigenvalue weighted by molar-refractivity contribution is 9.10. The molecule has 2 nitrogen and oxygen atoms in total. The second-order valence-electron chi connectivity index (χ2n) is 5.09. The van der Waals surface area contributed by atoms with Crippen LogP contribution in [0.2, 0.25) is 0 Å². The number of ether oxygens (including phenoxy) is 1. The Labute approximate surface area is 113 Å². The lowest BCUT2D eigenvalue weighted by molar-refractivity contribution is -0.126. The predicted molar refractivity (Wildman–Crippen MR) is 71.5 cm³/mol. The first-order valence-electron chi connectivity index (χ1n) is 6.05. The van der Waals surface area contributed by atoms with E-state index in [0.717, 1.165) is 43.4 Å². The van der Waals surface area contributed by atoms with Gasteiger partial charge in [-0.25, -0.2) is 0 Å². The number of carbonyl (C=O) groups excluding carboxylic acids is 1. The van der Waals surface area contributed by atoms with Gasteiger partial charge >= 0.3 is 0 Å². The lowest BCUT2D eigenvalue weighted by atomic mass is 9.66. The topological polar surface area (TPSA) is 26.3 Å². The van der Waals surface area contributed by atoms with Crippen LogP contribution < -0.4 is 0 Å². The van der Waals surface area contributed by atoms with Crippen LogP contribution in [-0.2, 0) is 14.9 Å². The van der Waals surface area contributed by atoms with Gasteiger partial charge in [0.25, 0.3) is 0 Å². The molecule has 0 N–H and O–H groups in total. The third-order valence-corrected chi connectivity index (χ3v) is 6.01. The fourth-order valence-corrected chi connectivity index (χ4v) is 4.65. The van der Waals surface area contributed by atoms with E-state index < -0.39 is 0 Å². The minimum Gasteiger partial charge on any atom is -0.379 e. The standard InChI is InChI=1S/C13H15BrO2S/c14-10-5-12(17-6-10)13(7-16-8-13)9-1-3-11(15)4-2-9/h5-6,9H,1-4,7-8H2. The van der Waals surface area contributed by atoms with E-state index in [4.69, 9.17) is 4.74 Å². The molecule has 0 spiro atoms. The smallest absolute Gasteiger partial charge is 0.132 e. The van der Waals surface area contributed by atoms with Crippen molar-refractivity contribution >= 4 is 33.0 Å². The molecule has 1 aliphatic heterocycles. The molecule has 1 aliphatic carbocycles. The molecule has 2 aliphatic rings. The molecule has 2 fully saturated rings. The summed E-state index contributed by atoms with van der Waals surface area (Å²) in [7, 11) is 0.